The third kappa shape index (κ3) is 12.3. The predicted molar refractivity (Wildman–Crippen MR) is 293 cm³/mol. The molecule has 0 bridgehead atoms. The highest BCUT2D eigenvalue weighted by atomic mass is 16.6. The lowest BCUT2D eigenvalue weighted by Gasteiger charge is -2.36. The number of rotatable bonds is 23. The van der Waals surface area contributed by atoms with Crippen LogP contribution in [-0.2, 0) is 79.3 Å². The molecule has 5 amide bonds. The number of aliphatic hydroxyl groups excluding tert-OH is 1. The van der Waals surface area contributed by atoms with Crippen molar-refractivity contribution in [2.24, 2.45) is 12.5 Å². The SMILES string of the molecule is Cn1cc(-c2ccnc(N3CCn4c(cc5c4CC(C)(C)C5)C3=O)c2CO)cc(Nc2ccc(N3CCN(C(=O)CCOCCOCCOCCOCCCc4cccc5c4CN(C4CCC(=O)NC4=O)C5=O)CC3)cn2)c1=O. The van der Waals surface area contributed by atoms with Gasteiger partial charge in [0.1, 0.15) is 29.1 Å². The molecule has 4 aliphatic heterocycles. The Bertz CT molecular complexity index is 3150. The number of nitrogens with zero attached hydrogens (tertiary/aromatic N) is 8. The first kappa shape index (κ1) is 55.0. The van der Waals surface area contributed by atoms with E-state index in [-0.39, 0.29) is 54.1 Å². The first-order valence-electron chi connectivity index (χ1n) is 27.4. The molecule has 1 aliphatic carbocycles. The zero-order valence-corrected chi connectivity index (χ0v) is 45.3. The summed E-state index contributed by atoms with van der Waals surface area (Å²) < 4.78 is 26.3. The number of hydrogen-bond donors (Lipinski definition) is 3. The van der Waals surface area contributed by atoms with E-state index in [4.69, 9.17) is 18.9 Å². The van der Waals surface area contributed by atoms with Crippen LogP contribution in [0.2, 0.25) is 0 Å². The first-order chi connectivity index (χ1) is 38.3. The minimum Gasteiger partial charge on any atom is -0.392 e. The molecular formula is C58H70N10O11. The van der Waals surface area contributed by atoms with Crippen molar-refractivity contribution < 1.29 is 48.0 Å². The van der Waals surface area contributed by atoms with E-state index in [1.54, 1.807) is 53.6 Å². The smallest absolute Gasteiger partial charge is 0.276 e. The van der Waals surface area contributed by atoms with Gasteiger partial charge in [-0.25, -0.2) is 9.97 Å². The minimum atomic E-state index is -0.633. The van der Waals surface area contributed by atoms with Crippen molar-refractivity contribution in [2.45, 2.75) is 84.5 Å². The van der Waals surface area contributed by atoms with E-state index < -0.39 is 11.9 Å². The van der Waals surface area contributed by atoms with Crippen LogP contribution in [0.25, 0.3) is 11.1 Å². The average Bonchev–Trinajstić information content (AvgIpc) is 4.32. The fourth-order valence-corrected chi connectivity index (χ4v) is 11.5. The van der Waals surface area contributed by atoms with E-state index >= 15 is 0 Å². The van der Waals surface area contributed by atoms with Gasteiger partial charge in [0.25, 0.3) is 17.4 Å². The van der Waals surface area contributed by atoms with Gasteiger partial charge in [0.05, 0.1) is 71.2 Å². The number of amides is 5. The van der Waals surface area contributed by atoms with Crippen molar-refractivity contribution in [3.8, 4) is 11.1 Å². The van der Waals surface area contributed by atoms with E-state index in [9.17, 15) is 33.9 Å². The highest BCUT2D eigenvalue weighted by Crippen LogP contribution is 2.40. The molecule has 21 heteroatoms. The molecule has 0 spiro atoms. The molecule has 5 aliphatic rings. The normalized spacial score (nSPS) is 17.8. The number of pyridine rings is 3. The summed E-state index contributed by atoms with van der Waals surface area (Å²) >= 11 is 0. The van der Waals surface area contributed by atoms with Gasteiger partial charge in [-0.15, -0.1) is 0 Å². The Labute approximate surface area is 458 Å². The van der Waals surface area contributed by atoms with Crippen LogP contribution in [0.15, 0.2) is 71.9 Å². The molecule has 79 heavy (non-hydrogen) atoms. The van der Waals surface area contributed by atoms with Crippen molar-refractivity contribution in [3.05, 3.63) is 117 Å². The standard InChI is InChI=1S/C58H70N10O11/c1-58(2)32-39-31-48-57(75)67(21-20-66(48)49(39)33-58)53-45(37-69)42(13-15-59-53)40-30-46(56(74)63(3)35-40)61-50-11-9-41(34-60-50)64-16-18-65(19-17-64)52(71)14-23-77-25-27-79-29-28-78-26-24-76-22-5-7-38-6-4-8-43-44(38)36-68(55(43)73)47-10-12-51(70)62-54(47)72/h4,6,8-9,11,13,15,30-31,34-35,47,69H,5,7,10,12,14,16-29,32-33,36-37H2,1-3H3,(H,60,61)(H,62,70,72). The number of carbonyl (C=O) groups is 5. The summed E-state index contributed by atoms with van der Waals surface area (Å²) in [6.07, 6.45) is 9.29. The zero-order valence-electron chi connectivity index (χ0n) is 45.3. The Hall–Kier alpha value is -7.30. The molecule has 0 radical (unpaired) electrons. The maximum atomic E-state index is 14.0. The fourth-order valence-electron chi connectivity index (χ4n) is 11.5. The van der Waals surface area contributed by atoms with Crippen LogP contribution in [-0.4, -0.2) is 155 Å². The second kappa shape index (κ2) is 24.4. The number of nitrogens with one attached hydrogen (secondary N) is 2. The summed E-state index contributed by atoms with van der Waals surface area (Å²) in [6, 6.07) is 14.3. The number of aliphatic hydroxyl groups is 1. The quantitative estimate of drug-likeness (QED) is 0.0616. The summed E-state index contributed by atoms with van der Waals surface area (Å²) in [5.41, 5.74) is 8.64. The van der Waals surface area contributed by atoms with Crippen LogP contribution in [0.3, 0.4) is 0 Å². The second-order valence-corrected chi connectivity index (χ2v) is 21.5. The maximum Gasteiger partial charge on any atom is 0.276 e. The van der Waals surface area contributed by atoms with E-state index in [0.29, 0.717) is 150 Å². The van der Waals surface area contributed by atoms with Gasteiger partial charge in [-0.2, -0.15) is 0 Å². The summed E-state index contributed by atoms with van der Waals surface area (Å²) in [4.78, 5) is 94.0. The topological polar surface area (TPSA) is 232 Å². The highest BCUT2D eigenvalue weighted by molar-refractivity contribution is 6.07. The summed E-state index contributed by atoms with van der Waals surface area (Å²) in [5, 5.41) is 16.3. The molecule has 1 unspecified atom stereocenters. The molecule has 1 atom stereocenters. The Kier molecular flexibility index (Phi) is 17.0. The number of carbonyl (C=O) groups excluding carboxylic acids is 5. The number of hydrogen-bond acceptors (Lipinski definition) is 15. The van der Waals surface area contributed by atoms with Gasteiger partial charge < -0.3 is 53.2 Å². The first-order valence-corrected chi connectivity index (χ1v) is 27.4. The van der Waals surface area contributed by atoms with Crippen LogP contribution >= 0.6 is 0 Å². The van der Waals surface area contributed by atoms with Gasteiger partial charge in [-0.1, -0.05) is 26.0 Å². The van der Waals surface area contributed by atoms with E-state index in [1.165, 1.54) is 15.8 Å². The number of aryl methyl sites for hydroxylation is 2. The lowest BCUT2D eigenvalue weighted by molar-refractivity contribution is -0.137. The summed E-state index contributed by atoms with van der Waals surface area (Å²) in [5.74, 6) is -0.119. The van der Waals surface area contributed by atoms with Gasteiger partial charge >= 0.3 is 0 Å². The number of anilines is 4. The van der Waals surface area contributed by atoms with Crippen LogP contribution in [0.5, 0.6) is 0 Å². The van der Waals surface area contributed by atoms with Gasteiger partial charge in [0.2, 0.25) is 17.7 Å². The number of piperidine rings is 1. The fraction of sp³-hybridized carbons (Fsp3) is 0.483. The molecule has 5 aromatic rings. The van der Waals surface area contributed by atoms with E-state index in [0.717, 1.165) is 42.5 Å². The van der Waals surface area contributed by atoms with Crippen molar-refractivity contribution in [1.29, 1.82) is 0 Å². The van der Waals surface area contributed by atoms with Crippen LogP contribution in [0.1, 0.15) is 88.3 Å². The Morgan fingerprint density at radius 3 is 2.29 bits per heavy atom. The third-order valence-corrected chi connectivity index (χ3v) is 15.6. The molecule has 4 aromatic heterocycles. The van der Waals surface area contributed by atoms with Crippen molar-refractivity contribution in [1.82, 2.24) is 34.2 Å². The third-order valence-electron chi connectivity index (χ3n) is 15.6. The number of fused-ring (bicyclic) bond motifs is 4. The highest BCUT2D eigenvalue weighted by Gasteiger charge is 2.40. The predicted octanol–water partition coefficient (Wildman–Crippen LogP) is 4.16. The summed E-state index contributed by atoms with van der Waals surface area (Å²) in [6.45, 7) is 11.3. The molecule has 8 heterocycles. The number of ether oxygens (including phenoxy) is 4. The molecule has 1 aromatic carbocycles. The molecule has 10 rings (SSSR count). The molecule has 3 N–H and O–H groups in total. The number of aromatic nitrogens is 4. The van der Waals surface area contributed by atoms with Crippen LogP contribution < -0.4 is 26.0 Å². The van der Waals surface area contributed by atoms with Gasteiger partial charge in [-0.05, 0) is 96.2 Å². The lowest BCUT2D eigenvalue weighted by Crippen LogP contribution is -2.52. The molecule has 418 valence electrons. The van der Waals surface area contributed by atoms with Gasteiger partial charge in [0.15, 0.2) is 0 Å². The second-order valence-electron chi connectivity index (χ2n) is 21.5. The molecular weight excluding hydrogens is 1010 g/mol. The molecule has 21 nitrogen and oxygen atoms in total. The van der Waals surface area contributed by atoms with Crippen LogP contribution in [0, 0.1) is 5.41 Å². The van der Waals surface area contributed by atoms with Gasteiger partial charge in [-0.3, -0.25) is 39.0 Å². The molecule has 0 saturated carbocycles. The Morgan fingerprint density at radius 2 is 1.57 bits per heavy atom. The minimum absolute atomic E-state index is 0.0350. The van der Waals surface area contributed by atoms with E-state index in [2.05, 4.69) is 43.9 Å². The monoisotopic (exact) mass is 1080 g/mol. The lowest BCUT2D eigenvalue weighted by atomic mass is 9.90. The Balaban J connectivity index is 0.591. The number of piperazine rings is 1. The average molecular weight is 1080 g/mol. The zero-order chi connectivity index (χ0) is 55.2. The van der Waals surface area contributed by atoms with Crippen molar-refractivity contribution in [2.75, 3.05) is 101 Å². The Morgan fingerprint density at radius 1 is 0.823 bits per heavy atom. The largest absolute Gasteiger partial charge is 0.392 e. The molecule has 2 saturated heterocycles. The van der Waals surface area contributed by atoms with Gasteiger partial charge in [0, 0.05) is 101 Å². The van der Waals surface area contributed by atoms with Crippen molar-refractivity contribution >= 4 is 52.5 Å². The maximum absolute atomic E-state index is 14.0. The van der Waals surface area contributed by atoms with Crippen molar-refractivity contribution in [3.63, 3.8) is 0 Å². The molecule has 2 fully saturated rings. The number of benzene rings is 1. The number of imide groups is 1. The van der Waals surface area contributed by atoms with Crippen LogP contribution in [0.4, 0.5) is 23.0 Å². The summed E-state index contributed by atoms with van der Waals surface area (Å²) in [7, 11) is 1.67. The van der Waals surface area contributed by atoms with E-state index in [1.807, 2.05) is 35.2 Å².